The van der Waals surface area contributed by atoms with Crippen molar-refractivity contribution in [3.05, 3.63) is 27.2 Å². The topological polar surface area (TPSA) is 58.6 Å². The van der Waals surface area contributed by atoms with Crippen LogP contribution in [0.2, 0.25) is 15.1 Å². The molecule has 1 aromatic rings. The van der Waals surface area contributed by atoms with Gasteiger partial charge in [-0.3, -0.25) is 9.59 Å². The SMILES string of the molecule is CN(CC(=O)NC1CC1)C(=O)COc1cc(Cl)c(Cl)cc1Cl. The molecule has 1 aliphatic rings. The number of amides is 2. The number of halogens is 3. The van der Waals surface area contributed by atoms with Crippen LogP contribution in [-0.2, 0) is 9.59 Å². The van der Waals surface area contributed by atoms with E-state index in [0.29, 0.717) is 5.02 Å². The van der Waals surface area contributed by atoms with E-state index in [1.807, 2.05) is 0 Å². The lowest BCUT2D eigenvalue weighted by Crippen LogP contribution is -2.40. The molecule has 1 N–H and O–H groups in total. The normalized spacial score (nSPS) is 13.6. The molecule has 0 radical (unpaired) electrons. The molecule has 2 amide bonds. The molecule has 2 rings (SSSR count). The number of hydrogen-bond donors (Lipinski definition) is 1. The van der Waals surface area contributed by atoms with Crippen molar-refractivity contribution in [1.29, 1.82) is 0 Å². The van der Waals surface area contributed by atoms with Gasteiger partial charge in [-0.05, 0) is 18.9 Å². The molecule has 0 heterocycles. The number of ether oxygens (including phenoxy) is 1. The van der Waals surface area contributed by atoms with Gasteiger partial charge < -0.3 is 15.0 Å². The zero-order valence-corrected chi connectivity index (χ0v) is 14.1. The van der Waals surface area contributed by atoms with Gasteiger partial charge in [0.25, 0.3) is 5.91 Å². The smallest absolute Gasteiger partial charge is 0.260 e. The van der Waals surface area contributed by atoms with E-state index >= 15 is 0 Å². The minimum absolute atomic E-state index is 0.00615. The number of nitrogens with zero attached hydrogens (tertiary/aromatic N) is 1. The molecule has 1 aromatic carbocycles. The molecule has 5 nitrogen and oxygen atoms in total. The number of rotatable bonds is 6. The Morgan fingerprint density at radius 2 is 1.86 bits per heavy atom. The summed E-state index contributed by atoms with van der Waals surface area (Å²) in [7, 11) is 1.54. The molecule has 0 unspecified atom stereocenters. The number of hydrogen-bond acceptors (Lipinski definition) is 3. The van der Waals surface area contributed by atoms with Crippen molar-refractivity contribution in [3.63, 3.8) is 0 Å². The Bertz CT molecular complexity index is 591. The summed E-state index contributed by atoms with van der Waals surface area (Å²) in [6.07, 6.45) is 2.00. The molecule has 1 saturated carbocycles. The maximum atomic E-state index is 11.9. The third-order valence-electron chi connectivity index (χ3n) is 3.07. The standard InChI is InChI=1S/C14H15Cl3N2O3/c1-19(6-13(20)18-8-2-3-8)14(21)7-22-12-5-10(16)9(15)4-11(12)17/h4-5,8H,2-3,6-7H2,1H3,(H,18,20). The van der Waals surface area contributed by atoms with Crippen molar-refractivity contribution >= 4 is 46.6 Å². The van der Waals surface area contributed by atoms with Gasteiger partial charge >= 0.3 is 0 Å². The van der Waals surface area contributed by atoms with Crippen molar-refractivity contribution in [2.24, 2.45) is 0 Å². The molecule has 0 bridgehead atoms. The van der Waals surface area contributed by atoms with Crippen molar-refractivity contribution in [2.75, 3.05) is 20.2 Å². The summed E-state index contributed by atoms with van der Waals surface area (Å²) >= 11 is 17.6. The number of carbonyl (C=O) groups is 2. The molecule has 1 fully saturated rings. The average Bonchev–Trinajstić information content (AvgIpc) is 3.24. The van der Waals surface area contributed by atoms with E-state index < -0.39 is 0 Å². The van der Waals surface area contributed by atoms with Gasteiger partial charge in [0.15, 0.2) is 6.61 Å². The predicted octanol–water partition coefficient (Wildman–Crippen LogP) is 2.76. The highest BCUT2D eigenvalue weighted by molar-refractivity contribution is 6.43. The summed E-state index contributed by atoms with van der Waals surface area (Å²) in [5.74, 6) is -0.251. The second-order valence-corrected chi connectivity index (χ2v) is 6.30. The van der Waals surface area contributed by atoms with Gasteiger partial charge in [-0.25, -0.2) is 0 Å². The summed E-state index contributed by atoms with van der Waals surface area (Å²) in [4.78, 5) is 24.8. The first-order valence-electron chi connectivity index (χ1n) is 6.67. The van der Waals surface area contributed by atoms with Crippen LogP contribution < -0.4 is 10.1 Å². The Balaban J connectivity index is 1.83. The fourth-order valence-electron chi connectivity index (χ4n) is 1.67. The van der Waals surface area contributed by atoms with E-state index in [4.69, 9.17) is 39.5 Å². The average molecular weight is 366 g/mol. The maximum Gasteiger partial charge on any atom is 0.260 e. The maximum absolute atomic E-state index is 11.9. The Hall–Kier alpha value is -1.17. The quantitative estimate of drug-likeness (QED) is 0.789. The summed E-state index contributed by atoms with van der Waals surface area (Å²) in [6, 6.07) is 3.15. The van der Waals surface area contributed by atoms with Crippen LogP contribution in [0.3, 0.4) is 0 Å². The zero-order chi connectivity index (χ0) is 16.3. The van der Waals surface area contributed by atoms with Crippen LogP contribution in [0.5, 0.6) is 5.75 Å². The van der Waals surface area contributed by atoms with Gasteiger partial charge in [0.1, 0.15) is 5.75 Å². The number of nitrogens with one attached hydrogen (secondary N) is 1. The third-order valence-corrected chi connectivity index (χ3v) is 4.09. The predicted molar refractivity (Wildman–Crippen MR) is 85.8 cm³/mol. The molecule has 0 atom stereocenters. The van der Waals surface area contributed by atoms with E-state index in [1.54, 1.807) is 0 Å². The van der Waals surface area contributed by atoms with Crippen LogP contribution >= 0.6 is 34.8 Å². The number of likely N-dealkylation sites (N-methyl/N-ethyl adjacent to an activating group) is 1. The van der Waals surface area contributed by atoms with Crippen LogP contribution in [0.15, 0.2) is 12.1 Å². The Kier molecular flexibility index (Phi) is 5.78. The van der Waals surface area contributed by atoms with Gasteiger partial charge in [0.2, 0.25) is 5.91 Å². The first-order chi connectivity index (χ1) is 10.4. The van der Waals surface area contributed by atoms with E-state index in [0.717, 1.165) is 12.8 Å². The largest absolute Gasteiger partial charge is 0.482 e. The molecular weight excluding hydrogens is 351 g/mol. The molecule has 0 aromatic heterocycles. The minimum Gasteiger partial charge on any atom is -0.482 e. The van der Waals surface area contributed by atoms with Gasteiger partial charge in [0.05, 0.1) is 21.6 Å². The van der Waals surface area contributed by atoms with Gasteiger partial charge in [-0.1, -0.05) is 34.8 Å². The van der Waals surface area contributed by atoms with Gasteiger partial charge in [0, 0.05) is 19.2 Å². The van der Waals surface area contributed by atoms with Crippen molar-refractivity contribution in [1.82, 2.24) is 10.2 Å². The highest BCUT2D eigenvalue weighted by Crippen LogP contribution is 2.33. The summed E-state index contributed by atoms with van der Waals surface area (Å²) < 4.78 is 5.33. The van der Waals surface area contributed by atoms with E-state index in [2.05, 4.69) is 5.32 Å². The lowest BCUT2D eigenvalue weighted by molar-refractivity contribution is -0.136. The van der Waals surface area contributed by atoms with Crippen molar-refractivity contribution in [2.45, 2.75) is 18.9 Å². The second kappa shape index (κ2) is 7.40. The monoisotopic (exact) mass is 364 g/mol. The Labute approximate surface area is 143 Å². The summed E-state index contributed by atoms with van der Waals surface area (Å²) in [5.41, 5.74) is 0. The van der Waals surface area contributed by atoms with E-state index in [1.165, 1.54) is 24.1 Å². The highest BCUT2D eigenvalue weighted by atomic mass is 35.5. The summed E-state index contributed by atoms with van der Waals surface area (Å²) in [6.45, 7) is -0.251. The summed E-state index contributed by atoms with van der Waals surface area (Å²) in [5, 5.41) is 3.66. The first kappa shape index (κ1) is 17.2. The molecule has 0 saturated heterocycles. The Morgan fingerprint density at radius 1 is 1.23 bits per heavy atom. The minimum atomic E-state index is -0.340. The number of carbonyl (C=O) groups excluding carboxylic acids is 2. The molecule has 120 valence electrons. The molecule has 0 aliphatic heterocycles. The van der Waals surface area contributed by atoms with Crippen LogP contribution in [0.25, 0.3) is 0 Å². The fraction of sp³-hybridized carbons (Fsp3) is 0.429. The first-order valence-corrected chi connectivity index (χ1v) is 7.81. The molecular formula is C14H15Cl3N2O3. The molecule has 0 spiro atoms. The molecule has 22 heavy (non-hydrogen) atoms. The Morgan fingerprint density at radius 3 is 2.50 bits per heavy atom. The third kappa shape index (κ3) is 4.93. The highest BCUT2D eigenvalue weighted by Gasteiger charge is 2.24. The lowest BCUT2D eigenvalue weighted by atomic mass is 10.3. The van der Waals surface area contributed by atoms with Gasteiger partial charge in [-0.15, -0.1) is 0 Å². The van der Waals surface area contributed by atoms with E-state index in [-0.39, 0.29) is 46.8 Å². The van der Waals surface area contributed by atoms with Crippen LogP contribution in [0.1, 0.15) is 12.8 Å². The second-order valence-electron chi connectivity index (χ2n) is 5.08. The van der Waals surface area contributed by atoms with E-state index in [9.17, 15) is 9.59 Å². The van der Waals surface area contributed by atoms with Crippen LogP contribution in [0, 0.1) is 0 Å². The fourth-order valence-corrected chi connectivity index (χ4v) is 2.26. The van der Waals surface area contributed by atoms with Crippen molar-refractivity contribution < 1.29 is 14.3 Å². The van der Waals surface area contributed by atoms with Crippen LogP contribution in [-0.4, -0.2) is 43.0 Å². The number of benzene rings is 1. The lowest BCUT2D eigenvalue weighted by Gasteiger charge is -2.17. The van der Waals surface area contributed by atoms with Crippen molar-refractivity contribution in [3.8, 4) is 5.75 Å². The van der Waals surface area contributed by atoms with Gasteiger partial charge in [-0.2, -0.15) is 0 Å². The van der Waals surface area contributed by atoms with Crippen LogP contribution in [0.4, 0.5) is 0 Å². The molecule has 1 aliphatic carbocycles. The molecule has 8 heteroatoms. The zero-order valence-electron chi connectivity index (χ0n) is 11.9.